The van der Waals surface area contributed by atoms with Crippen LogP contribution in [0, 0.1) is 13.8 Å². The fourth-order valence-electron chi connectivity index (χ4n) is 2.75. The maximum Gasteiger partial charge on any atom is 0.276 e. The van der Waals surface area contributed by atoms with E-state index in [1.165, 1.54) is 0 Å². The van der Waals surface area contributed by atoms with Gasteiger partial charge in [0.2, 0.25) is 0 Å². The third-order valence-electron chi connectivity index (χ3n) is 4.07. The van der Waals surface area contributed by atoms with Crippen molar-refractivity contribution < 1.29 is 14.1 Å². The number of ether oxygens (including phenoxy) is 1. The third-order valence-corrected chi connectivity index (χ3v) is 4.07. The number of para-hydroxylation sites is 1. The Morgan fingerprint density at radius 3 is 2.69 bits per heavy atom. The summed E-state index contributed by atoms with van der Waals surface area (Å²) in [6.45, 7) is 4.65. The number of carbonyl (C=O) groups is 1. The minimum Gasteiger partial charge on any atom is -0.485 e. The van der Waals surface area contributed by atoms with Crippen LogP contribution >= 0.6 is 0 Å². The van der Waals surface area contributed by atoms with Crippen LogP contribution in [0.2, 0.25) is 0 Å². The van der Waals surface area contributed by atoms with Crippen molar-refractivity contribution in [1.29, 1.82) is 0 Å². The highest BCUT2D eigenvalue weighted by Crippen LogP contribution is 2.23. The van der Waals surface area contributed by atoms with Gasteiger partial charge >= 0.3 is 0 Å². The molecule has 0 aliphatic heterocycles. The molecule has 0 saturated carbocycles. The molecule has 0 aliphatic carbocycles. The molecule has 2 aromatic heterocycles. The van der Waals surface area contributed by atoms with E-state index in [4.69, 9.17) is 9.26 Å². The van der Waals surface area contributed by atoms with Crippen LogP contribution < -0.4 is 4.74 Å². The number of carbonyl (C=O) groups excluding carboxylic acids is 1. The average Bonchev–Trinajstić information content (AvgIpc) is 3.23. The molecule has 0 unspecified atom stereocenters. The van der Waals surface area contributed by atoms with Gasteiger partial charge in [-0.05, 0) is 25.0 Å². The van der Waals surface area contributed by atoms with Crippen molar-refractivity contribution >= 4 is 5.91 Å². The van der Waals surface area contributed by atoms with E-state index < -0.39 is 0 Å². The molecule has 1 aromatic carbocycles. The monoisotopic (exact) mass is 354 g/mol. The molecule has 3 aromatic rings. The van der Waals surface area contributed by atoms with Crippen molar-refractivity contribution in [2.75, 3.05) is 7.05 Å². The van der Waals surface area contributed by atoms with E-state index in [0.717, 1.165) is 22.4 Å². The number of benzene rings is 1. The molecule has 0 aliphatic rings. The molecule has 0 N–H and O–H groups in total. The lowest BCUT2D eigenvalue weighted by molar-refractivity contribution is 0.0774. The Bertz CT molecular complexity index is 893. The lowest BCUT2D eigenvalue weighted by atomic mass is 10.1. The second-order valence-corrected chi connectivity index (χ2v) is 6.37. The van der Waals surface area contributed by atoms with Gasteiger partial charge in [-0.15, -0.1) is 0 Å². The first-order valence-electron chi connectivity index (χ1n) is 8.31. The van der Waals surface area contributed by atoms with Gasteiger partial charge in [-0.25, -0.2) is 0 Å². The quantitative estimate of drug-likeness (QED) is 0.680. The summed E-state index contributed by atoms with van der Waals surface area (Å²) in [6, 6.07) is 7.59. The smallest absolute Gasteiger partial charge is 0.276 e. The zero-order chi connectivity index (χ0) is 18.7. The van der Waals surface area contributed by atoms with Gasteiger partial charge in [-0.1, -0.05) is 23.4 Å². The maximum absolute atomic E-state index is 12.5. The first-order valence-corrected chi connectivity index (χ1v) is 8.31. The lowest BCUT2D eigenvalue weighted by Gasteiger charge is -2.13. The van der Waals surface area contributed by atoms with Gasteiger partial charge < -0.3 is 14.2 Å². The van der Waals surface area contributed by atoms with Crippen LogP contribution in [-0.2, 0) is 20.2 Å². The molecule has 0 radical (unpaired) electrons. The van der Waals surface area contributed by atoms with E-state index >= 15 is 0 Å². The summed E-state index contributed by atoms with van der Waals surface area (Å²) in [5.41, 5.74) is 3.32. The van der Waals surface area contributed by atoms with Gasteiger partial charge in [0, 0.05) is 38.5 Å². The summed E-state index contributed by atoms with van der Waals surface area (Å²) in [5, 5.41) is 7.98. The molecule has 1 amide bonds. The predicted molar refractivity (Wildman–Crippen MR) is 95.8 cm³/mol. The Hall–Kier alpha value is -3.09. The van der Waals surface area contributed by atoms with Crippen molar-refractivity contribution in [2.24, 2.45) is 7.05 Å². The minimum atomic E-state index is -0.212. The molecule has 0 bridgehead atoms. The van der Waals surface area contributed by atoms with Crippen molar-refractivity contribution in [2.45, 2.75) is 27.0 Å². The molecular weight excluding hydrogens is 332 g/mol. The minimum absolute atomic E-state index is 0.212. The van der Waals surface area contributed by atoms with Crippen molar-refractivity contribution in [3.63, 3.8) is 0 Å². The van der Waals surface area contributed by atoms with Gasteiger partial charge in [-0.3, -0.25) is 9.48 Å². The van der Waals surface area contributed by atoms with Gasteiger partial charge in [0.05, 0.1) is 6.20 Å². The van der Waals surface area contributed by atoms with E-state index in [-0.39, 0.29) is 18.2 Å². The van der Waals surface area contributed by atoms with Crippen LogP contribution in [0.25, 0.3) is 0 Å². The first kappa shape index (κ1) is 17.7. The number of aryl methyl sites for hydroxylation is 3. The molecule has 0 spiro atoms. The summed E-state index contributed by atoms with van der Waals surface area (Å²) in [6.07, 6.45) is 3.60. The Kier molecular flexibility index (Phi) is 5.06. The largest absolute Gasteiger partial charge is 0.485 e. The van der Waals surface area contributed by atoms with Crippen molar-refractivity contribution in [1.82, 2.24) is 19.8 Å². The SMILES string of the molecule is Cc1cccc(C)c1OCc1cc(C(=O)N(C)Cc2cnn(C)c2)no1. The maximum atomic E-state index is 12.5. The van der Waals surface area contributed by atoms with Crippen molar-refractivity contribution in [3.05, 3.63) is 64.8 Å². The third kappa shape index (κ3) is 3.93. The molecule has 0 fully saturated rings. The normalized spacial score (nSPS) is 10.8. The molecule has 7 nitrogen and oxygen atoms in total. The number of rotatable bonds is 6. The standard InChI is InChI=1S/C19H22N4O3/c1-13-6-5-7-14(2)18(13)25-12-16-8-17(21-26-16)19(24)22(3)10-15-9-20-23(4)11-15/h5-9,11H,10,12H2,1-4H3. The van der Waals surface area contributed by atoms with Gasteiger partial charge in [0.1, 0.15) is 12.4 Å². The number of amides is 1. The van der Waals surface area contributed by atoms with Crippen LogP contribution in [-0.4, -0.2) is 32.8 Å². The fraction of sp³-hybridized carbons (Fsp3) is 0.316. The Morgan fingerprint density at radius 1 is 1.31 bits per heavy atom. The molecule has 3 rings (SSSR count). The predicted octanol–water partition coefficient (Wildman–Crippen LogP) is 2.88. The summed E-state index contributed by atoms with van der Waals surface area (Å²) >= 11 is 0. The fourth-order valence-corrected chi connectivity index (χ4v) is 2.75. The number of nitrogens with zero attached hydrogens (tertiary/aromatic N) is 4. The van der Waals surface area contributed by atoms with E-state index in [2.05, 4.69) is 10.3 Å². The Morgan fingerprint density at radius 2 is 2.04 bits per heavy atom. The zero-order valence-corrected chi connectivity index (χ0v) is 15.4. The summed E-state index contributed by atoms with van der Waals surface area (Å²) in [7, 11) is 3.56. The number of aromatic nitrogens is 3. The topological polar surface area (TPSA) is 73.4 Å². The molecule has 26 heavy (non-hydrogen) atoms. The van der Waals surface area contributed by atoms with Gasteiger partial charge in [-0.2, -0.15) is 5.10 Å². The Balaban J connectivity index is 1.62. The van der Waals surface area contributed by atoms with Crippen LogP contribution in [0.15, 0.2) is 41.2 Å². The highest BCUT2D eigenvalue weighted by atomic mass is 16.5. The molecule has 7 heteroatoms. The highest BCUT2D eigenvalue weighted by molar-refractivity contribution is 5.92. The molecule has 136 valence electrons. The van der Waals surface area contributed by atoms with Crippen LogP contribution in [0.3, 0.4) is 0 Å². The summed E-state index contributed by atoms with van der Waals surface area (Å²) in [5.74, 6) is 1.12. The van der Waals surface area contributed by atoms with Gasteiger partial charge in [0.15, 0.2) is 11.5 Å². The molecule has 0 saturated heterocycles. The van der Waals surface area contributed by atoms with E-state index in [0.29, 0.717) is 12.3 Å². The first-order chi connectivity index (χ1) is 12.4. The van der Waals surface area contributed by atoms with Gasteiger partial charge in [0.25, 0.3) is 5.91 Å². The van der Waals surface area contributed by atoms with E-state index in [1.807, 2.05) is 45.3 Å². The summed E-state index contributed by atoms with van der Waals surface area (Å²) in [4.78, 5) is 14.1. The summed E-state index contributed by atoms with van der Waals surface area (Å²) < 4.78 is 12.8. The molecule has 0 atom stereocenters. The number of hydrogen-bond acceptors (Lipinski definition) is 5. The number of hydrogen-bond donors (Lipinski definition) is 0. The zero-order valence-electron chi connectivity index (χ0n) is 15.4. The van der Waals surface area contributed by atoms with E-state index in [1.54, 1.807) is 28.9 Å². The van der Waals surface area contributed by atoms with Crippen LogP contribution in [0.4, 0.5) is 0 Å². The molecular formula is C19H22N4O3. The van der Waals surface area contributed by atoms with E-state index in [9.17, 15) is 4.79 Å². The Labute approximate surface area is 152 Å². The highest BCUT2D eigenvalue weighted by Gasteiger charge is 2.18. The molecule has 2 heterocycles. The van der Waals surface area contributed by atoms with Crippen LogP contribution in [0.1, 0.15) is 32.9 Å². The second-order valence-electron chi connectivity index (χ2n) is 6.37. The van der Waals surface area contributed by atoms with Crippen molar-refractivity contribution in [3.8, 4) is 5.75 Å². The average molecular weight is 354 g/mol. The lowest BCUT2D eigenvalue weighted by Crippen LogP contribution is -2.26. The van der Waals surface area contributed by atoms with Crippen LogP contribution in [0.5, 0.6) is 5.75 Å². The second kappa shape index (κ2) is 7.43.